The first-order chi connectivity index (χ1) is 15.5. The molecule has 0 saturated carbocycles. The van der Waals surface area contributed by atoms with E-state index in [1.165, 1.54) is 5.56 Å². The Morgan fingerprint density at radius 3 is 2.62 bits per heavy atom. The minimum atomic E-state index is -0.323. The lowest BCUT2D eigenvalue weighted by Crippen LogP contribution is -2.51. The van der Waals surface area contributed by atoms with Gasteiger partial charge in [-0.3, -0.25) is 9.69 Å². The topological polar surface area (TPSA) is 69.3 Å². The maximum absolute atomic E-state index is 12.5. The van der Waals surface area contributed by atoms with Gasteiger partial charge in [0.2, 0.25) is 12.7 Å². The van der Waals surface area contributed by atoms with Crippen molar-refractivity contribution in [1.82, 2.24) is 10.2 Å². The Hall–Kier alpha value is -2.77. The van der Waals surface area contributed by atoms with E-state index in [1.807, 2.05) is 24.3 Å². The van der Waals surface area contributed by atoms with Crippen molar-refractivity contribution in [3.05, 3.63) is 53.1 Å². The van der Waals surface area contributed by atoms with E-state index in [0.717, 1.165) is 54.3 Å². The van der Waals surface area contributed by atoms with Crippen molar-refractivity contribution in [3.8, 4) is 17.2 Å². The molecule has 0 bridgehead atoms. The summed E-state index contributed by atoms with van der Waals surface area (Å²) in [5.41, 5.74) is 3.02. The Labute approximate surface area is 189 Å². The average molecular weight is 441 g/mol. The smallest absolute Gasteiger partial charge is 0.234 e. The van der Waals surface area contributed by atoms with Gasteiger partial charge in [-0.25, -0.2) is 0 Å². The van der Waals surface area contributed by atoms with Crippen LogP contribution in [0.3, 0.4) is 0 Å². The maximum atomic E-state index is 12.5. The van der Waals surface area contributed by atoms with Crippen LogP contribution < -0.4 is 19.5 Å². The van der Waals surface area contributed by atoms with Crippen LogP contribution >= 0.6 is 0 Å². The van der Waals surface area contributed by atoms with Crippen LogP contribution in [-0.2, 0) is 16.1 Å². The second kappa shape index (κ2) is 9.79. The van der Waals surface area contributed by atoms with Crippen LogP contribution in [0.5, 0.6) is 17.2 Å². The van der Waals surface area contributed by atoms with Crippen LogP contribution in [0.25, 0.3) is 0 Å². The minimum absolute atomic E-state index is 0.0131. The number of hydrogen-bond acceptors (Lipinski definition) is 6. The molecule has 0 aliphatic carbocycles. The summed E-state index contributed by atoms with van der Waals surface area (Å²) in [6, 6.07) is 11.9. The van der Waals surface area contributed by atoms with Gasteiger partial charge in [0.1, 0.15) is 18.0 Å². The number of amides is 1. The first-order valence-corrected chi connectivity index (χ1v) is 11.1. The van der Waals surface area contributed by atoms with Gasteiger partial charge in [0.25, 0.3) is 0 Å². The zero-order valence-corrected chi connectivity index (χ0v) is 19.1. The summed E-state index contributed by atoms with van der Waals surface area (Å²) < 4.78 is 22.7. The van der Waals surface area contributed by atoms with E-state index in [0.29, 0.717) is 19.7 Å². The number of carbonyl (C=O) groups is 1. The molecule has 1 amide bonds. The highest BCUT2D eigenvalue weighted by Crippen LogP contribution is 2.32. The second-order valence-electron chi connectivity index (χ2n) is 8.69. The molecule has 2 heterocycles. The Bertz CT molecular complexity index is 953. The number of aryl methyl sites for hydroxylation is 2. The van der Waals surface area contributed by atoms with E-state index >= 15 is 0 Å². The summed E-state index contributed by atoms with van der Waals surface area (Å²) in [6.45, 7) is 7.33. The van der Waals surface area contributed by atoms with Crippen molar-refractivity contribution in [1.29, 1.82) is 0 Å². The summed E-state index contributed by atoms with van der Waals surface area (Å²) in [5.74, 6) is 2.39. The summed E-state index contributed by atoms with van der Waals surface area (Å²) in [7, 11) is 1.75. The van der Waals surface area contributed by atoms with E-state index in [2.05, 4.69) is 36.2 Å². The summed E-state index contributed by atoms with van der Waals surface area (Å²) >= 11 is 0. The molecule has 0 atom stereocenters. The van der Waals surface area contributed by atoms with Gasteiger partial charge in [-0.15, -0.1) is 0 Å². The highest BCUT2D eigenvalue weighted by molar-refractivity contribution is 5.78. The first kappa shape index (κ1) is 22.4. The van der Waals surface area contributed by atoms with E-state index in [4.69, 9.17) is 18.9 Å². The second-order valence-corrected chi connectivity index (χ2v) is 8.69. The van der Waals surface area contributed by atoms with Gasteiger partial charge in [-0.2, -0.15) is 0 Å². The zero-order valence-electron chi connectivity index (χ0n) is 19.1. The molecule has 7 heteroatoms. The number of fused-ring (bicyclic) bond motifs is 1. The van der Waals surface area contributed by atoms with Crippen LogP contribution in [-0.4, -0.2) is 56.6 Å². The fraction of sp³-hybridized carbons (Fsp3) is 0.480. The lowest BCUT2D eigenvalue weighted by molar-refractivity contribution is -0.125. The van der Waals surface area contributed by atoms with E-state index in [1.54, 1.807) is 7.11 Å². The molecule has 2 aromatic carbocycles. The Morgan fingerprint density at radius 1 is 1.09 bits per heavy atom. The predicted molar refractivity (Wildman–Crippen MR) is 121 cm³/mol. The first-order valence-electron chi connectivity index (χ1n) is 11.1. The molecule has 0 radical (unpaired) electrons. The molecule has 32 heavy (non-hydrogen) atoms. The van der Waals surface area contributed by atoms with Crippen LogP contribution in [0, 0.1) is 13.8 Å². The van der Waals surface area contributed by atoms with Gasteiger partial charge in [0.15, 0.2) is 11.5 Å². The largest absolute Gasteiger partial charge is 0.490 e. The van der Waals surface area contributed by atoms with Crippen molar-refractivity contribution in [2.75, 3.05) is 40.1 Å². The Balaban J connectivity index is 1.22. The SMILES string of the molecule is COC1(COc2ccc(C)cc2C)CCN(CC(=O)NCc2ccc3c(c2)OCO3)CC1. The lowest BCUT2D eigenvalue weighted by Gasteiger charge is -2.40. The van der Waals surface area contributed by atoms with Crippen molar-refractivity contribution < 1.29 is 23.7 Å². The third-order valence-corrected chi connectivity index (χ3v) is 6.32. The van der Waals surface area contributed by atoms with Crippen molar-refractivity contribution in [2.45, 2.75) is 38.8 Å². The number of nitrogens with zero attached hydrogens (tertiary/aromatic N) is 1. The molecule has 1 fully saturated rings. The number of rotatable bonds is 8. The third-order valence-electron chi connectivity index (χ3n) is 6.32. The minimum Gasteiger partial charge on any atom is -0.490 e. The van der Waals surface area contributed by atoms with E-state index in [9.17, 15) is 4.79 Å². The molecular formula is C25H32N2O5. The number of nitrogens with one attached hydrogen (secondary N) is 1. The van der Waals surface area contributed by atoms with Crippen molar-refractivity contribution in [3.63, 3.8) is 0 Å². The third kappa shape index (κ3) is 5.34. The molecule has 7 nitrogen and oxygen atoms in total. The molecular weight excluding hydrogens is 408 g/mol. The molecule has 2 aliphatic heterocycles. The van der Waals surface area contributed by atoms with Gasteiger partial charge in [-0.05, 0) is 56.0 Å². The standard InChI is InChI=1S/C25H32N2O5/c1-18-4-6-21(19(2)12-18)30-16-25(29-3)8-10-27(11-9-25)15-24(28)26-14-20-5-7-22-23(13-20)32-17-31-22/h4-7,12-13H,8-11,14-17H2,1-3H3,(H,26,28). The Kier molecular flexibility index (Phi) is 6.86. The number of hydrogen-bond donors (Lipinski definition) is 1. The van der Waals surface area contributed by atoms with Gasteiger partial charge in [0, 0.05) is 26.7 Å². The van der Waals surface area contributed by atoms with Crippen LogP contribution in [0.15, 0.2) is 36.4 Å². The molecule has 2 aromatic rings. The summed E-state index contributed by atoms with van der Waals surface area (Å²) in [5, 5.41) is 3.00. The molecule has 1 N–H and O–H groups in total. The van der Waals surface area contributed by atoms with Crippen molar-refractivity contribution >= 4 is 5.91 Å². The number of carbonyl (C=O) groups excluding carboxylic acids is 1. The number of benzene rings is 2. The van der Waals surface area contributed by atoms with Crippen LogP contribution in [0.4, 0.5) is 0 Å². The summed E-state index contributed by atoms with van der Waals surface area (Å²) in [6.07, 6.45) is 1.65. The normalized spacial score (nSPS) is 17.2. The fourth-order valence-corrected chi connectivity index (χ4v) is 4.21. The monoisotopic (exact) mass is 440 g/mol. The molecule has 172 valence electrons. The molecule has 0 spiro atoms. The maximum Gasteiger partial charge on any atom is 0.234 e. The zero-order chi connectivity index (χ0) is 22.6. The molecule has 4 rings (SSSR count). The molecule has 0 unspecified atom stereocenters. The van der Waals surface area contributed by atoms with E-state index < -0.39 is 0 Å². The average Bonchev–Trinajstić information content (AvgIpc) is 3.26. The van der Waals surface area contributed by atoms with E-state index in [-0.39, 0.29) is 18.3 Å². The van der Waals surface area contributed by atoms with Gasteiger partial charge in [-0.1, -0.05) is 23.8 Å². The molecule has 0 aromatic heterocycles. The van der Waals surface area contributed by atoms with Crippen molar-refractivity contribution in [2.24, 2.45) is 0 Å². The number of piperidine rings is 1. The number of methoxy groups -OCH3 is 1. The Morgan fingerprint density at radius 2 is 1.88 bits per heavy atom. The number of ether oxygens (including phenoxy) is 4. The summed E-state index contributed by atoms with van der Waals surface area (Å²) in [4.78, 5) is 14.6. The van der Waals surface area contributed by atoms with Gasteiger partial charge >= 0.3 is 0 Å². The van der Waals surface area contributed by atoms with Crippen LogP contribution in [0.1, 0.15) is 29.5 Å². The lowest BCUT2D eigenvalue weighted by atomic mass is 9.92. The van der Waals surface area contributed by atoms with Crippen LogP contribution in [0.2, 0.25) is 0 Å². The van der Waals surface area contributed by atoms with Gasteiger partial charge in [0.05, 0.1) is 6.54 Å². The van der Waals surface area contributed by atoms with Gasteiger partial charge < -0.3 is 24.3 Å². The molecule has 1 saturated heterocycles. The fourth-order valence-electron chi connectivity index (χ4n) is 4.21. The molecule has 2 aliphatic rings. The highest BCUT2D eigenvalue weighted by atomic mass is 16.7. The highest BCUT2D eigenvalue weighted by Gasteiger charge is 2.36. The predicted octanol–water partition coefficient (Wildman–Crippen LogP) is 3.21. The quantitative estimate of drug-likeness (QED) is 0.680. The number of likely N-dealkylation sites (tertiary alicyclic amines) is 1.